The quantitative estimate of drug-likeness (QED) is 0.562. The third-order valence-electron chi connectivity index (χ3n) is 3.58. The topological polar surface area (TPSA) is 92.4 Å². The summed E-state index contributed by atoms with van der Waals surface area (Å²) in [6, 6.07) is 7.05. The first kappa shape index (κ1) is 14.1. The molecule has 0 radical (unpaired) electrons. The van der Waals surface area contributed by atoms with Crippen LogP contribution >= 0.6 is 0 Å². The maximum absolute atomic E-state index is 11.8. The number of carboxylic acid groups (broad SMARTS) is 1. The van der Waals surface area contributed by atoms with Gasteiger partial charge < -0.3 is 16.2 Å². The summed E-state index contributed by atoms with van der Waals surface area (Å²) in [5, 5.41) is 11.8. The van der Waals surface area contributed by atoms with Gasteiger partial charge >= 0.3 is 5.97 Å². The minimum absolute atomic E-state index is 0.0221. The second-order valence-corrected chi connectivity index (χ2v) is 5.27. The fourth-order valence-electron chi connectivity index (χ4n) is 2.07. The minimum atomic E-state index is -1.18. The molecule has 1 unspecified atom stereocenters. The number of hydrogen-bond donors (Lipinski definition) is 3. The molecule has 5 heteroatoms. The first-order valence-corrected chi connectivity index (χ1v) is 6.51. The normalized spacial score (nSPS) is 17.6. The van der Waals surface area contributed by atoms with Gasteiger partial charge in [0.25, 0.3) is 0 Å². The minimum Gasteiger partial charge on any atom is -0.480 e. The number of anilines is 1. The van der Waals surface area contributed by atoms with Crippen molar-refractivity contribution >= 4 is 23.6 Å². The van der Waals surface area contributed by atoms with Crippen molar-refractivity contribution in [1.29, 1.82) is 0 Å². The molecule has 4 N–H and O–H groups in total. The molecule has 1 aliphatic carbocycles. The van der Waals surface area contributed by atoms with E-state index in [9.17, 15) is 14.7 Å². The van der Waals surface area contributed by atoms with E-state index in [2.05, 4.69) is 5.32 Å². The predicted octanol–water partition coefficient (Wildman–Crippen LogP) is 1.65. The maximum atomic E-state index is 11.8. The summed E-state index contributed by atoms with van der Waals surface area (Å²) in [5.41, 5.74) is 5.88. The zero-order chi connectivity index (χ0) is 14.8. The molecule has 5 nitrogen and oxygen atoms in total. The summed E-state index contributed by atoms with van der Waals surface area (Å²) in [6.07, 6.45) is 4.65. The zero-order valence-electron chi connectivity index (χ0n) is 11.3. The van der Waals surface area contributed by atoms with Crippen LogP contribution in [0.5, 0.6) is 0 Å². The van der Waals surface area contributed by atoms with Crippen LogP contribution in [0.1, 0.15) is 25.3 Å². The highest BCUT2D eigenvalue weighted by Crippen LogP contribution is 2.39. The van der Waals surface area contributed by atoms with Gasteiger partial charge in [-0.25, -0.2) is 4.79 Å². The Kier molecular flexibility index (Phi) is 3.79. The van der Waals surface area contributed by atoms with Gasteiger partial charge in [-0.1, -0.05) is 12.1 Å². The molecule has 1 aliphatic rings. The van der Waals surface area contributed by atoms with Crippen molar-refractivity contribution in [1.82, 2.24) is 5.32 Å². The van der Waals surface area contributed by atoms with Crippen LogP contribution in [0.2, 0.25) is 0 Å². The van der Waals surface area contributed by atoms with Crippen molar-refractivity contribution in [2.45, 2.75) is 25.3 Å². The van der Waals surface area contributed by atoms with Crippen molar-refractivity contribution < 1.29 is 14.7 Å². The van der Waals surface area contributed by atoms with Crippen LogP contribution in [0.3, 0.4) is 0 Å². The molecule has 0 spiro atoms. The monoisotopic (exact) mass is 274 g/mol. The second-order valence-electron chi connectivity index (χ2n) is 5.27. The highest BCUT2D eigenvalue weighted by atomic mass is 16.4. The zero-order valence-corrected chi connectivity index (χ0v) is 11.3. The molecule has 1 fully saturated rings. The molecule has 0 heterocycles. The lowest BCUT2D eigenvalue weighted by Gasteiger charge is -2.25. The standard InChI is InChI=1S/C15H18N2O3/c1-15(14(19)20,11-5-6-11)17-13(18)9-4-10-2-7-12(16)8-3-10/h2-4,7-9,11H,5-6,16H2,1H3,(H,17,18)(H,19,20)/b9-4+. The molecule has 0 saturated heterocycles. The van der Waals surface area contributed by atoms with Crippen LogP contribution in [0.4, 0.5) is 5.69 Å². The fourth-order valence-corrected chi connectivity index (χ4v) is 2.07. The van der Waals surface area contributed by atoms with E-state index >= 15 is 0 Å². The number of carbonyl (C=O) groups excluding carboxylic acids is 1. The SMILES string of the molecule is CC(NC(=O)/C=C/c1ccc(N)cc1)(C(=O)O)C1CC1. The maximum Gasteiger partial charge on any atom is 0.329 e. The first-order valence-electron chi connectivity index (χ1n) is 6.51. The number of aliphatic carboxylic acids is 1. The lowest BCUT2D eigenvalue weighted by molar-refractivity contribution is -0.147. The molecule has 0 bridgehead atoms. The van der Waals surface area contributed by atoms with Crippen LogP contribution in [0, 0.1) is 5.92 Å². The van der Waals surface area contributed by atoms with Crippen molar-refractivity contribution in [3.05, 3.63) is 35.9 Å². The number of carbonyl (C=O) groups is 2. The largest absolute Gasteiger partial charge is 0.480 e. The lowest BCUT2D eigenvalue weighted by Crippen LogP contribution is -2.53. The lowest BCUT2D eigenvalue weighted by atomic mass is 9.96. The number of rotatable bonds is 5. The second kappa shape index (κ2) is 5.36. The highest BCUT2D eigenvalue weighted by molar-refractivity contribution is 5.96. The molecule has 1 saturated carbocycles. The van der Waals surface area contributed by atoms with Crippen molar-refractivity contribution in [3.8, 4) is 0 Å². The van der Waals surface area contributed by atoms with Gasteiger partial charge in [0, 0.05) is 11.8 Å². The van der Waals surface area contributed by atoms with Crippen LogP contribution in [-0.2, 0) is 9.59 Å². The van der Waals surface area contributed by atoms with Gasteiger partial charge in [0.15, 0.2) is 0 Å². The third-order valence-corrected chi connectivity index (χ3v) is 3.58. The van der Waals surface area contributed by atoms with Crippen molar-refractivity contribution in [3.63, 3.8) is 0 Å². The summed E-state index contributed by atoms with van der Waals surface area (Å²) < 4.78 is 0. The number of carboxylic acids is 1. The number of hydrogen-bond acceptors (Lipinski definition) is 3. The van der Waals surface area contributed by atoms with Gasteiger partial charge in [0.05, 0.1) is 0 Å². The van der Waals surface area contributed by atoms with Crippen LogP contribution in [0.25, 0.3) is 6.08 Å². The average Bonchev–Trinajstić information content (AvgIpc) is 3.22. The van der Waals surface area contributed by atoms with Crippen molar-refractivity contribution in [2.24, 2.45) is 5.92 Å². The van der Waals surface area contributed by atoms with Gasteiger partial charge in [0.2, 0.25) is 5.91 Å². The van der Waals surface area contributed by atoms with E-state index in [1.54, 1.807) is 37.3 Å². The number of amides is 1. The van der Waals surface area contributed by atoms with E-state index in [1.807, 2.05) is 0 Å². The van der Waals surface area contributed by atoms with Gasteiger partial charge in [-0.15, -0.1) is 0 Å². The molecular weight excluding hydrogens is 256 g/mol. The van der Waals surface area contributed by atoms with Gasteiger partial charge in [-0.2, -0.15) is 0 Å². The Labute approximate surface area is 117 Å². The summed E-state index contributed by atoms with van der Waals surface area (Å²) >= 11 is 0. The molecule has 20 heavy (non-hydrogen) atoms. The Morgan fingerprint density at radius 2 is 1.95 bits per heavy atom. The van der Waals surface area contributed by atoms with Gasteiger partial charge in [0.1, 0.15) is 5.54 Å². The number of benzene rings is 1. The van der Waals surface area contributed by atoms with Crippen LogP contribution < -0.4 is 11.1 Å². The molecule has 1 amide bonds. The summed E-state index contributed by atoms with van der Waals surface area (Å²) in [7, 11) is 0. The number of nitrogen functional groups attached to an aromatic ring is 1. The molecular formula is C15H18N2O3. The molecule has 0 aliphatic heterocycles. The molecule has 1 atom stereocenters. The molecule has 0 aromatic heterocycles. The average molecular weight is 274 g/mol. The van der Waals surface area contributed by atoms with E-state index in [4.69, 9.17) is 5.73 Å². The summed E-state index contributed by atoms with van der Waals surface area (Å²) in [5.74, 6) is -1.37. The number of nitrogens with two attached hydrogens (primary N) is 1. The van der Waals surface area contributed by atoms with Gasteiger partial charge in [-0.3, -0.25) is 4.79 Å². The first-order chi connectivity index (χ1) is 9.41. The Hall–Kier alpha value is -2.30. The Morgan fingerprint density at radius 3 is 2.45 bits per heavy atom. The van der Waals surface area contributed by atoms with Gasteiger partial charge in [-0.05, 0) is 49.5 Å². The Morgan fingerprint density at radius 1 is 1.35 bits per heavy atom. The van der Waals surface area contributed by atoms with E-state index in [0.29, 0.717) is 5.69 Å². The van der Waals surface area contributed by atoms with E-state index < -0.39 is 17.4 Å². The van der Waals surface area contributed by atoms with E-state index in [1.165, 1.54) is 6.08 Å². The fraction of sp³-hybridized carbons (Fsp3) is 0.333. The smallest absolute Gasteiger partial charge is 0.329 e. The summed E-state index contributed by atoms with van der Waals surface area (Å²) in [4.78, 5) is 23.1. The summed E-state index contributed by atoms with van der Waals surface area (Å²) in [6.45, 7) is 1.56. The van der Waals surface area contributed by atoms with Crippen molar-refractivity contribution in [2.75, 3.05) is 5.73 Å². The van der Waals surface area contributed by atoms with E-state index in [0.717, 1.165) is 18.4 Å². The predicted molar refractivity (Wildman–Crippen MR) is 76.8 cm³/mol. The molecule has 1 aromatic carbocycles. The molecule has 1 aromatic rings. The van der Waals surface area contributed by atoms with Crippen LogP contribution in [-0.4, -0.2) is 22.5 Å². The van der Waals surface area contributed by atoms with E-state index in [-0.39, 0.29) is 5.92 Å². The number of nitrogens with one attached hydrogen (secondary N) is 1. The Balaban J connectivity index is 2.01. The molecule has 106 valence electrons. The Bertz CT molecular complexity index is 547. The highest BCUT2D eigenvalue weighted by Gasteiger charge is 2.48. The molecule has 2 rings (SSSR count). The van der Waals surface area contributed by atoms with Crippen LogP contribution in [0.15, 0.2) is 30.3 Å². The third kappa shape index (κ3) is 3.17.